The van der Waals surface area contributed by atoms with Crippen molar-refractivity contribution in [2.24, 2.45) is 11.8 Å². The van der Waals surface area contributed by atoms with Crippen LogP contribution in [0.4, 0.5) is 0 Å². The van der Waals surface area contributed by atoms with Crippen molar-refractivity contribution in [2.45, 2.75) is 6.42 Å². The second-order valence-corrected chi connectivity index (χ2v) is 2.30. The molecule has 0 unspecified atom stereocenters. The molecule has 1 saturated heterocycles. The molecule has 0 aromatic heterocycles. The van der Waals surface area contributed by atoms with Crippen molar-refractivity contribution in [3.05, 3.63) is 0 Å². The minimum absolute atomic E-state index is 0.0579. The summed E-state index contributed by atoms with van der Waals surface area (Å²) in [4.78, 5) is 21.0. The van der Waals surface area contributed by atoms with E-state index < -0.39 is 0 Å². The van der Waals surface area contributed by atoms with Crippen LogP contribution in [0.15, 0.2) is 0 Å². The van der Waals surface area contributed by atoms with E-state index in [1.165, 1.54) is 0 Å². The molecule has 2 amide bonds. The van der Waals surface area contributed by atoms with Crippen LogP contribution in [-0.2, 0) is 9.59 Å². The van der Waals surface area contributed by atoms with Gasteiger partial charge in [0.25, 0.3) is 0 Å². The smallest absolute Gasteiger partial charge is 0.230 e. The van der Waals surface area contributed by atoms with E-state index in [4.69, 9.17) is 0 Å². The van der Waals surface area contributed by atoms with E-state index in [0.29, 0.717) is 0 Å². The first-order valence-electron chi connectivity index (χ1n) is 2.64. The summed E-state index contributed by atoms with van der Waals surface area (Å²) in [5, 5.41) is 2.24. The summed E-state index contributed by atoms with van der Waals surface area (Å²) in [6.07, 6.45) is 0.796. The van der Waals surface area contributed by atoms with Gasteiger partial charge in [0.15, 0.2) is 0 Å². The molecule has 0 radical (unpaired) electrons. The van der Waals surface area contributed by atoms with Gasteiger partial charge in [-0.05, 0) is 6.42 Å². The fraction of sp³-hybridized carbons (Fsp3) is 0.600. The number of piperidine rings is 1. The first kappa shape index (κ1) is 4.06. The van der Waals surface area contributed by atoms with Gasteiger partial charge in [-0.3, -0.25) is 14.9 Å². The molecule has 1 aliphatic carbocycles. The number of imide groups is 1. The molecule has 42 valence electrons. The zero-order valence-corrected chi connectivity index (χ0v) is 4.18. The molecule has 2 atom stereocenters. The van der Waals surface area contributed by atoms with Crippen LogP contribution < -0.4 is 5.32 Å². The van der Waals surface area contributed by atoms with Gasteiger partial charge in [-0.15, -0.1) is 0 Å². The Balaban J connectivity index is 2.31. The van der Waals surface area contributed by atoms with Crippen LogP contribution >= 0.6 is 0 Å². The quantitative estimate of drug-likeness (QED) is 0.419. The zero-order chi connectivity index (χ0) is 5.72. The fourth-order valence-corrected chi connectivity index (χ4v) is 1.08. The van der Waals surface area contributed by atoms with Crippen molar-refractivity contribution in [1.29, 1.82) is 0 Å². The molecule has 0 aromatic carbocycles. The Morgan fingerprint density at radius 1 is 1.25 bits per heavy atom. The molecule has 3 heteroatoms. The Kier molecular flexibility index (Phi) is 0.477. The van der Waals surface area contributed by atoms with E-state index in [1.54, 1.807) is 0 Å². The fourth-order valence-electron chi connectivity index (χ4n) is 1.08. The van der Waals surface area contributed by atoms with E-state index in [-0.39, 0.29) is 23.7 Å². The van der Waals surface area contributed by atoms with Crippen molar-refractivity contribution >= 4 is 11.8 Å². The molecule has 3 nitrogen and oxygen atoms in total. The maximum absolute atomic E-state index is 10.5. The molecular formula is C5H5NO2. The molecule has 0 bridgehead atoms. The first-order chi connectivity index (χ1) is 3.79. The van der Waals surface area contributed by atoms with Gasteiger partial charge in [-0.2, -0.15) is 0 Å². The SMILES string of the molecule is O=C1NC(=O)[C@@H]2C[C@H]12. The number of carbonyl (C=O) groups excluding carboxylic acids is 2. The first-order valence-corrected chi connectivity index (χ1v) is 2.64. The summed E-state index contributed by atoms with van der Waals surface area (Å²) in [6, 6.07) is 0. The van der Waals surface area contributed by atoms with E-state index in [9.17, 15) is 9.59 Å². The summed E-state index contributed by atoms with van der Waals surface area (Å²) < 4.78 is 0. The number of hydrogen-bond donors (Lipinski definition) is 1. The van der Waals surface area contributed by atoms with Crippen LogP contribution in [0.2, 0.25) is 0 Å². The average molecular weight is 111 g/mol. The molecule has 2 rings (SSSR count). The Hall–Kier alpha value is -0.860. The van der Waals surface area contributed by atoms with Crippen molar-refractivity contribution in [3.8, 4) is 0 Å². The second kappa shape index (κ2) is 0.940. The standard InChI is InChI=1S/C5H5NO2/c7-4-2-1-3(2)5(8)6-4/h2-3H,1H2,(H,6,7,8)/t2-,3+. The molecule has 0 spiro atoms. The highest BCUT2D eigenvalue weighted by molar-refractivity contribution is 6.08. The predicted molar refractivity (Wildman–Crippen MR) is 24.7 cm³/mol. The highest BCUT2D eigenvalue weighted by atomic mass is 16.2. The Labute approximate surface area is 46.1 Å². The molecular weight excluding hydrogens is 106 g/mol. The van der Waals surface area contributed by atoms with Gasteiger partial charge in [-0.25, -0.2) is 0 Å². The third-order valence-electron chi connectivity index (χ3n) is 1.71. The van der Waals surface area contributed by atoms with Crippen molar-refractivity contribution < 1.29 is 9.59 Å². The van der Waals surface area contributed by atoms with Crippen LogP contribution in [0, 0.1) is 11.8 Å². The van der Waals surface area contributed by atoms with E-state index >= 15 is 0 Å². The van der Waals surface area contributed by atoms with Gasteiger partial charge < -0.3 is 0 Å². The average Bonchev–Trinajstić information content (AvgIpc) is 2.35. The third kappa shape index (κ3) is 0.300. The lowest BCUT2D eigenvalue weighted by atomic mass is 10.4. The van der Waals surface area contributed by atoms with Crippen LogP contribution in [0.5, 0.6) is 0 Å². The minimum atomic E-state index is -0.0694. The van der Waals surface area contributed by atoms with Crippen molar-refractivity contribution in [2.75, 3.05) is 0 Å². The van der Waals surface area contributed by atoms with E-state index in [1.807, 2.05) is 0 Å². The van der Waals surface area contributed by atoms with Crippen LogP contribution in [0.3, 0.4) is 0 Å². The van der Waals surface area contributed by atoms with Crippen molar-refractivity contribution in [3.63, 3.8) is 0 Å². The molecule has 2 aliphatic rings. The highest BCUT2D eigenvalue weighted by Crippen LogP contribution is 2.42. The molecule has 1 N–H and O–H groups in total. The lowest BCUT2D eigenvalue weighted by Gasteiger charge is -1.88. The molecule has 1 saturated carbocycles. The summed E-state index contributed by atoms with van der Waals surface area (Å²) in [6.45, 7) is 0. The minimum Gasteiger partial charge on any atom is -0.296 e. The summed E-state index contributed by atoms with van der Waals surface area (Å²) >= 11 is 0. The maximum atomic E-state index is 10.5. The lowest BCUT2D eigenvalue weighted by Crippen LogP contribution is -2.24. The molecule has 2 fully saturated rings. The zero-order valence-electron chi connectivity index (χ0n) is 4.18. The van der Waals surface area contributed by atoms with Crippen LogP contribution in [-0.4, -0.2) is 11.8 Å². The number of rotatable bonds is 0. The van der Waals surface area contributed by atoms with E-state index in [0.717, 1.165) is 6.42 Å². The number of carbonyl (C=O) groups is 2. The number of amides is 2. The third-order valence-corrected chi connectivity index (χ3v) is 1.71. The molecule has 0 aromatic rings. The Morgan fingerprint density at radius 2 is 1.75 bits per heavy atom. The van der Waals surface area contributed by atoms with Crippen LogP contribution in [0.25, 0.3) is 0 Å². The van der Waals surface area contributed by atoms with E-state index in [2.05, 4.69) is 5.32 Å². The summed E-state index contributed by atoms with van der Waals surface area (Å²) in [5.74, 6) is -0.0231. The monoisotopic (exact) mass is 111 g/mol. The van der Waals surface area contributed by atoms with Crippen LogP contribution in [0.1, 0.15) is 6.42 Å². The van der Waals surface area contributed by atoms with Gasteiger partial charge in [0, 0.05) is 0 Å². The second-order valence-electron chi connectivity index (χ2n) is 2.30. The van der Waals surface area contributed by atoms with Gasteiger partial charge in [0.05, 0.1) is 11.8 Å². The largest absolute Gasteiger partial charge is 0.296 e. The van der Waals surface area contributed by atoms with Crippen molar-refractivity contribution in [1.82, 2.24) is 5.32 Å². The normalized spacial score (nSPS) is 41.5. The van der Waals surface area contributed by atoms with Gasteiger partial charge >= 0.3 is 0 Å². The van der Waals surface area contributed by atoms with Gasteiger partial charge in [0.1, 0.15) is 0 Å². The molecule has 1 heterocycles. The van der Waals surface area contributed by atoms with Gasteiger partial charge in [-0.1, -0.05) is 0 Å². The topological polar surface area (TPSA) is 46.2 Å². The van der Waals surface area contributed by atoms with Gasteiger partial charge in [0.2, 0.25) is 11.8 Å². The summed E-state index contributed by atoms with van der Waals surface area (Å²) in [5.41, 5.74) is 0. The number of fused-ring (bicyclic) bond motifs is 1. The predicted octanol–water partition coefficient (Wildman–Crippen LogP) is -0.721. The summed E-state index contributed by atoms with van der Waals surface area (Å²) in [7, 11) is 0. The highest BCUT2D eigenvalue weighted by Gasteiger charge is 2.54. The molecule has 1 aliphatic heterocycles. The number of hydrogen-bond acceptors (Lipinski definition) is 2. The molecule has 8 heavy (non-hydrogen) atoms. The Morgan fingerprint density at radius 3 is 1.88 bits per heavy atom. The Bertz CT molecular complexity index is 157. The number of nitrogens with one attached hydrogen (secondary N) is 1. The lowest BCUT2D eigenvalue weighted by molar-refractivity contribution is -0.127. The maximum Gasteiger partial charge on any atom is 0.230 e.